The highest BCUT2D eigenvalue weighted by Gasteiger charge is 2.17. The van der Waals surface area contributed by atoms with Crippen LogP contribution in [0, 0.1) is 0 Å². The maximum atomic E-state index is 12.1. The van der Waals surface area contributed by atoms with Crippen molar-refractivity contribution in [2.75, 3.05) is 25.8 Å². The van der Waals surface area contributed by atoms with E-state index in [1.807, 2.05) is 43.3 Å². The first-order chi connectivity index (χ1) is 11.0. The second-order valence-corrected chi connectivity index (χ2v) is 6.17. The molecule has 0 spiro atoms. The number of fused-ring (bicyclic) bond motifs is 1. The summed E-state index contributed by atoms with van der Waals surface area (Å²) in [5.74, 6) is 0.987. The zero-order valence-corrected chi connectivity index (χ0v) is 14.4. The van der Waals surface area contributed by atoms with Gasteiger partial charge in [0.15, 0.2) is 11.5 Å². The van der Waals surface area contributed by atoms with Gasteiger partial charge >= 0.3 is 5.97 Å². The number of halogens is 1. The number of carbonyl (C=O) groups is 1. The molecular weight excluding hydrogens is 362 g/mol. The smallest absolute Gasteiger partial charge is 0.338 e. The molecule has 120 valence electrons. The van der Waals surface area contributed by atoms with Gasteiger partial charge < -0.3 is 19.1 Å². The second kappa shape index (κ2) is 6.50. The van der Waals surface area contributed by atoms with Gasteiger partial charge in [0.1, 0.15) is 6.61 Å². The van der Waals surface area contributed by atoms with Crippen molar-refractivity contribution < 1.29 is 19.0 Å². The van der Waals surface area contributed by atoms with Crippen LogP contribution in [0.2, 0.25) is 0 Å². The third-order valence-electron chi connectivity index (χ3n) is 3.52. The maximum Gasteiger partial charge on any atom is 0.338 e. The fraction of sp³-hybridized carbons (Fsp3) is 0.235. The van der Waals surface area contributed by atoms with E-state index in [0.717, 1.165) is 15.7 Å². The van der Waals surface area contributed by atoms with Crippen LogP contribution in [0.25, 0.3) is 0 Å². The summed E-state index contributed by atoms with van der Waals surface area (Å²) in [5.41, 5.74) is 2.38. The van der Waals surface area contributed by atoms with E-state index in [4.69, 9.17) is 14.2 Å². The predicted octanol–water partition coefficient (Wildman–Crippen LogP) is 3.60. The van der Waals surface area contributed by atoms with Crippen LogP contribution in [-0.2, 0) is 11.3 Å². The average molecular weight is 378 g/mol. The van der Waals surface area contributed by atoms with Gasteiger partial charge in [-0.1, -0.05) is 15.9 Å². The lowest BCUT2D eigenvalue weighted by molar-refractivity contribution is 0.0471. The number of ether oxygens (including phenoxy) is 3. The number of anilines is 1. The summed E-state index contributed by atoms with van der Waals surface area (Å²) in [7, 11) is 3.90. The van der Waals surface area contributed by atoms with Crippen molar-refractivity contribution in [2.45, 2.75) is 6.61 Å². The number of hydrogen-bond donors (Lipinski definition) is 0. The van der Waals surface area contributed by atoms with Crippen molar-refractivity contribution in [1.82, 2.24) is 0 Å². The molecule has 1 heterocycles. The Bertz CT molecular complexity index is 728. The maximum absolute atomic E-state index is 12.1. The topological polar surface area (TPSA) is 48.0 Å². The van der Waals surface area contributed by atoms with Gasteiger partial charge in [-0.2, -0.15) is 0 Å². The molecule has 0 atom stereocenters. The third kappa shape index (κ3) is 3.42. The molecule has 1 aliphatic heterocycles. The molecule has 0 saturated carbocycles. The number of nitrogens with zero attached hydrogens (tertiary/aromatic N) is 1. The fourth-order valence-electron chi connectivity index (χ4n) is 2.19. The van der Waals surface area contributed by atoms with E-state index >= 15 is 0 Å². The number of rotatable bonds is 4. The Balaban J connectivity index is 1.67. The highest BCUT2D eigenvalue weighted by atomic mass is 79.9. The van der Waals surface area contributed by atoms with E-state index in [1.165, 1.54) is 0 Å². The molecule has 0 fully saturated rings. The zero-order chi connectivity index (χ0) is 16.4. The first kappa shape index (κ1) is 15.7. The van der Waals surface area contributed by atoms with E-state index in [1.54, 1.807) is 12.1 Å². The van der Waals surface area contributed by atoms with Gasteiger partial charge in [-0.25, -0.2) is 4.79 Å². The molecule has 0 saturated heterocycles. The van der Waals surface area contributed by atoms with Crippen LogP contribution < -0.4 is 14.4 Å². The molecule has 0 radical (unpaired) electrons. The Labute approximate surface area is 142 Å². The third-order valence-corrected chi connectivity index (χ3v) is 4.26. The largest absolute Gasteiger partial charge is 0.457 e. The Morgan fingerprint density at radius 2 is 1.83 bits per heavy atom. The highest BCUT2D eigenvalue weighted by molar-refractivity contribution is 9.10. The molecule has 3 rings (SSSR count). The van der Waals surface area contributed by atoms with Crippen molar-refractivity contribution >= 4 is 27.6 Å². The van der Waals surface area contributed by atoms with Crippen LogP contribution in [0.4, 0.5) is 5.69 Å². The fourth-order valence-corrected chi connectivity index (χ4v) is 2.63. The van der Waals surface area contributed by atoms with Crippen molar-refractivity contribution in [3.63, 3.8) is 0 Å². The molecule has 2 aromatic carbocycles. The van der Waals surface area contributed by atoms with E-state index in [2.05, 4.69) is 15.9 Å². The summed E-state index contributed by atoms with van der Waals surface area (Å²) in [5, 5.41) is 0. The molecule has 5 nitrogen and oxygen atoms in total. The predicted molar refractivity (Wildman–Crippen MR) is 90.2 cm³/mol. The van der Waals surface area contributed by atoms with Crippen LogP contribution >= 0.6 is 15.9 Å². The summed E-state index contributed by atoms with van der Waals surface area (Å²) in [6, 6.07) is 10.9. The standard InChI is InChI=1S/C17H16BrNO4/c1-19(2)13-5-3-11(4-6-13)17(20)21-9-12-7-15-16(8-14(12)18)23-10-22-15/h3-8H,9-10H2,1-2H3. The van der Waals surface area contributed by atoms with E-state index < -0.39 is 0 Å². The lowest BCUT2D eigenvalue weighted by Crippen LogP contribution is -2.09. The minimum Gasteiger partial charge on any atom is -0.457 e. The molecule has 0 unspecified atom stereocenters. The van der Waals surface area contributed by atoms with Gasteiger partial charge in [-0.3, -0.25) is 0 Å². The highest BCUT2D eigenvalue weighted by Crippen LogP contribution is 2.37. The van der Waals surface area contributed by atoms with E-state index in [-0.39, 0.29) is 19.4 Å². The molecular formula is C17H16BrNO4. The summed E-state index contributed by atoms with van der Waals surface area (Å²) < 4.78 is 16.8. The summed E-state index contributed by atoms with van der Waals surface area (Å²) in [6.45, 7) is 0.370. The Kier molecular flexibility index (Phi) is 4.43. The summed E-state index contributed by atoms with van der Waals surface area (Å²) in [6.07, 6.45) is 0. The number of benzene rings is 2. The van der Waals surface area contributed by atoms with Crippen LogP contribution in [0.15, 0.2) is 40.9 Å². The Hall–Kier alpha value is -2.21. The quantitative estimate of drug-likeness (QED) is 0.761. The SMILES string of the molecule is CN(C)c1ccc(C(=O)OCc2cc3c(cc2Br)OCO3)cc1. The van der Waals surface area contributed by atoms with Gasteiger partial charge in [-0.05, 0) is 36.4 Å². The number of hydrogen-bond acceptors (Lipinski definition) is 5. The summed E-state index contributed by atoms with van der Waals surface area (Å²) in [4.78, 5) is 14.1. The van der Waals surface area contributed by atoms with Crippen LogP contribution in [0.1, 0.15) is 15.9 Å². The van der Waals surface area contributed by atoms with Crippen LogP contribution in [-0.4, -0.2) is 26.9 Å². The summed E-state index contributed by atoms with van der Waals surface area (Å²) >= 11 is 3.45. The van der Waals surface area contributed by atoms with Gasteiger partial charge in [-0.15, -0.1) is 0 Å². The van der Waals surface area contributed by atoms with Crippen molar-refractivity contribution in [1.29, 1.82) is 0 Å². The zero-order valence-electron chi connectivity index (χ0n) is 12.8. The number of esters is 1. The van der Waals surface area contributed by atoms with Gasteiger partial charge in [0, 0.05) is 29.8 Å². The normalized spacial score (nSPS) is 12.1. The molecule has 0 aromatic heterocycles. The molecule has 2 aromatic rings. The first-order valence-electron chi connectivity index (χ1n) is 7.07. The first-order valence-corrected chi connectivity index (χ1v) is 7.86. The van der Waals surface area contributed by atoms with Crippen molar-refractivity contribution in [3.8, 4) is 11.5 Å². The number of carbonyl (C=O) groups excluding carboxylic acids is 1. The van der Waals surface area contributed by atoms with Gasteiger partial charge in [0.05, 0.1) is 5.56 Å². The van der Waals surface area contributed by atoms with Crippen LogP contribution in [0.5, 0.6) is 11.5 Å². The molecule has 0 N–H and O–H groups in total. The molecule has 0 bridgehead atoms. The molecule has 0 amide bonds. The van der Waals surface area contributed by atoms with E-state index in [0.29, 0.717) is 17.1 Å². The van der Waals surface area contributed by atoms with Crippen molar-refractivity contribution in [2.24, 2.45) is 0 Å². The van der Waals surface area contributed by atoms with Crippen LogP contribution in [0.3, 0.4) is 0 Å². The Morgan fingerprint density at radius 3 is 2.48 bits per heavy atom. The lowest BCUT2D eigenvalue weighted by atomic mass is 10.2. The monoisotopic (exact) mass is 377 g/mol. The Morgan fingerprint density at radius 1 is 1.17 bits per heavy atom. The molecule has 23 heavy (non-hydrogen) atoms. The molecule has 0 aliphatic carbocycles. The van der Waals surface area contributed by atoms with Gasteiger partial charge in [0.25, 0.3) is 0 Å². The lowest BCUT2D eigenvalue weighted by Gasteiger charge is -2.12. The molecule has 1 aliphatic rings. The minimum atomic E-state index is -0.361. The van der Waals surface area contributed by atoms with Crippen molar-refractivity contribution in [3.05, 3.63) is 52.0 Å². The van der Waals surface area contributed by atoms with E-state index in [9.17, 15) is 4.79 Å². The second-order valence-electron chi connectivity index (χ2n) is 5.31. The molecule has 6 heteroatoms. The minimum absolute atomic E-state index is 0.158. The van der Waals surface area contributed by atoms with Gasteiger partial charge in [0.2, 0.25) is 6.79 Å². The average Bonchev–Trinajstić information content (AvgIpc) is 2.99.